The van der Waals surface area contributed by atoms with Crippen LogP contribution >= 0.6 is 11.6 Å². The molecule has 3 aromatic rings. The molecule has 0 saturated heterocycles. The summed E-state index contributed by atoms with van der Waals surface area (Å²) < 4.78 is 0. The molecule has 0 amide bonds. The van der Waals surface area contributed by atoms with E-state index >= 15 is 0 Å². The van der Waals surface area contributed by atoms with Gasteiger partial charge in [0.15, 0.2) is 5.82 Å². The van der Waals surface area contributed by atoms with Crippen molar-refractivity contribution in [3.8, 4) is 22.6 Å². The lowest BCUT2D eigenvalue weighted by atomic mass is 9.98. The van der Waals surface area contributed by atoms with Gasteiger partial charge in [0.25, 0.3) is 0 Å². The monoisotopic (exact) mass is 344 g/mol. The Balaban J connectivity index is 1.69. The summed E-state index contributed by atoms with van der Waals surface area (Å²) in [6, 6.07) is 20.1. The van der Waals surface area contributed by atoms with Crippen molar-refractivity contribution in [3.05, 3.63) is 89.6 Å². The Hall–Kier alpha value is -2.71. The molecule has 25 heavy (non-hydrogen) atoms. The smallest absolute Gasteiger partial charge is 0.161 e. The number of allylic oxidation sites excluding steroid dienone is 4. The van der Waals surface area contributed by atoms with Gasteiger partial charge in [0.1, 0.15) is 5.15 Å². The van der Waals surface area contributed by atoms with Gasteiger partial charge in [-0.25, -0.2) is 9.97 Å². The normalized spacial score (nSPS) is 13.6. The van der Waals surface area contributed by atoms with Crippen molar-refractivity contribution in [1.82, 2.24) is 9.97 Å². The summed E-state index contributed by atoms with van der Waals surface area (Å²) in [6.45, 7) is 0. The van der Waals surface area contributed by atoms with Gasteiger partial charge in [-0.1, -0.05) is 84.4 Å². The highest BCUT2D eigenvalue weighted by Gasteiger charge is 2.08. The Bertz CT molecular complexity index is 942. The maximum Gasteiger partial charge on any atom is 0.161 e. The highest BCUT2D eigenvalue weighted by molar-refractivity contribution is 6.29. The van der Waals surface area contributed by atoms with Gasteiger partial charge in [0.05, 0.1) is 5.69 Å². The Morgan fingerprint density at radius 1 is 0.760 bits per heavy atom. The minimum absolute atomic E-state index is 0.450. The van der Waals surface area contributed by atoms with Gasteiger partial charge in [0, 0.05) is 17.2 Å². The molecule has 0 N–H and O–H groups in total. The molecule has 0 radical (unpaired) electrons. The third-order valence-corrected chi connectivity index (χ3v) is 4.43. The lowest BCUT2D eigenvalue weighted by Gasteiger charge is -2.09. The van der Waals surface area contributed by atoms with Crippen molar-refractivity contribution in [2.24, 2.45) is 0 Å². The molecule has 2 aromatic carbocycles. The van der Waals surface area contributed by atoms with Crippen molar-refractivity contribution >= 4 is 17.2 Å². The van der Waals surface area contributed by atoms with Crippen molar-refractivity contribution < 1.29 is 0 Å². The Morgan fingerprint density at radius 2 is 1.52 bits per heavy atom. The standard InChI is InChI=1S/C22H17ClN2/c23-21-15-20(24-22(25-21)19-9-5-2-6-10-19)18-13-11-17(12-14-18)16-7-3-1-4-8-16/h2-3,5-15H,1,4H2. The molecule has 122 valence electrons. The maximum atomic E-state index is 6.23. The van der Waals surface area contributed by atoms with Gasteiger partial charge in [-0.05, 0) is 24.0 Å². The van der Waals surface area contributed by atoms with Gasteiger partial charge < -0.3 is 0 Å². The predicted molar refractivity (Wildman–Crippen MR) is 104 cm³/mol. The lowest BCUT2D eigenvalue weighted by Crippen LogP contribution is -1.93. The molecule has 0 aliphatic heterocycles. The molecule has 0 unspecified atom stereocenters. The summed E-state index contributed by atoms with van der Waals surface area (Å²) in [5, 5.41) is 0.450. The quantitative estimate of drug-likeness (QED) is 0.529. The largest absolute Gasteiger partial charge is 0.228 e. The van der Waals surface area contributed by atoms with Gasteiger partial charge in [0.2, 0.25) is 0 Å². The summed E-state index contributed by atoms with van der Waals surface area (Å²) in [5.74, 6) is 0.644. The molecule has 1 aliphatic rings. The Kier molecular flexibility index (Phi) is 4.45. The van der Waals surface area contributed by atoms with E-state index in [4.69, 9.17) is 16.6 Å². The summed E-state index contributed by atoms with van der Waals surface area (Å²) in [5.41, 5.74) is 5.33. The average Bonchev–Trinajstić information content (AvgIpc) is 2.69. The average molecular weight is 345 g/mol. The summed E-state index contributed by atoms with van der Waals surface area (Å²) >= 11 is 6.23. The molecule has 4 rings (SSSR count). The van der Waals surface area contributed by atoms with Crippen molar-refractivity contribution in [1.29, 1.82) is 0 Å². The van der Waals surface area contributed by atoms with Crippen LogP contribution in [0.3, 0.4) is 0 Å². The van der Waals surface area contributed by atoms with Gasteiger partial charge >= 0.3 is 0 Å². The van der Waals surface area contributed by atoms with Crippen LogP contribution in [0.1, 0.15) is 18.4 Å². The number of rotatable bonds is 3. The maximum absolute atomic E-state index is 6.23. The zero-order valence-electron chi connectivity index (χ0n) is 13.7. The van der Waals surface area contributed by atoms with Crippen LogP contribution in [-0.4, -0.2) is 9.97 Å². The number of hydrogen-bond donors (Lipinski definition) is 0. The van der Waals surface area contributed by atoms with E-state index in [0.717, 1.165) is 29.7 Å². The second-order valence-electron chi connectivity index (χ2n) is 5.98. The van der Waals surface area contributed by atoms with E-state index in [-0.39, 0.29) is 0 Å². The highest BCUT2D eigenvalue weighted by atomic mass is 35.5. The fourth-order valence-corrected chi connectivity index (χ4v) is 3.13. The zero-order valence-corrected chi connectivity index (χ0v) is 14.4. The van der Waals surface area contributed by atoms with Gasteiger partial charge in [-0.3, -0.25) is 0 Å². The molecule has 2 nitrogen and oxygen atoms in total. The fourth-order valence-electron chi connectivity index (χ4n) is 2.94. The summed E-state index contributed by atoms with van der Waals surface area (Å²) in [4.78, 5) is 9.05. The molecule has 0 bridgehead atoms. The molecule has 0 atom stereocenters. The number of hydrogen-bond acceptors (Lipinski definition) is 2. The molecular formula is C22H17ClN2. The van der Waals surface area contributed by atoms with Crippen LogP contribution < -0.4 is 0 Å². The third-order valence-electron chi connectivity index (χ3n) is 4.24. The molecule has 1 aliphatic carbocycles. The minimum Gasteiger partial charge on any atom is -0.228 e. The molecule has 1 heterocycles. The first-order chi connectivity index (χ1) is 12.3. The van der Waals surface area contributed by atoms with Crippen molar-refractivity contribution in [3.63, 3.8) is 0 Å². The number of aromatic nitrogens is 2. The van der Waals surface area contributed by atoms with Crippen LogP contribution in [0, 0.1) is 0 Å². The van der Waals surface area contributed by atoms with Crippen LogP contribution in [0.25, 0.3) is 28.2 Å². The highest BCUT2D eigenvalue weighted by Crippen LogP contribution is 2.27. The number of halogens is 1. The molecule has 3 heteroatoms. The lowest BCUT2D eigenvalue weighted by molar-refractivity contribution is 1.04. The SMILES string of the molecule is Clc1cc(-c2ccc(C3=CCCC=C3)cc2)nc(-c2ccccc2)n1. The Labute approximate surface area is 152 Å². The molecule has 0 spiro atoms. The summed E-state index contributed by atoms with van der Waals surface area (Å²) in [6.07, 6.45) is 8.93. The van der Waals surface area contributed by atoms with Crippen LogP contribution in [0.5, 0.6) is 0 Å². The van der Waals surface area contributed by atoms with Crippen molar-refractivity contribution in [2.45, 2.75) is 12.8 Å². The van der Waals surface area contributed by atoms with E-state index in [9.17, 15) is 0 Å². The van der Waals surface area contributed by atoms with E-state index in [1.54, 1.807) is 0 Å². The van der Waals surface area contributed by atoms with Crippen LogP contribution in [0.2, 0.25) is 5.15 Å². The first-order valence-corrected chi connectivity index (χ1v) is 8.75. The van der Waals surface area contributed by atoms with E-state index in [1.165, 1.54) is 11.1 Å². The van der Waals surface area contributed by atoms with Gasteiger partial charge in [-0.2, -0.15) is 0 Å². The van der Waals surface area contributed by atoms with Gasteiger partial charge in [-0.15, -0.1) is 0 Å². The van der Waals surface area contributed by atoms with Crippen LogP contribution in [0.15, 0.2) is 78.9 Å². The second-order valence-corrected chi connectivity index (χ2v) is 6.37. The summed E-state index contributed by atoms with van der Waals surface area (Å²) in [7, 11) is 0. The third kappa shape index (κ3) is 3.54. The second kappa shape index (κ2) is 7.04. The van der Waals surface area contributed by atoms with E-state index < -0.39 is 0 Å². The van der Waals surface area contributed by atoms with Crippen LogP contribution in [-0.2, 0) is 0 Å². The topological polar surface area (TPSA) is 25.8 Å². The first-order valence-electron chi connectivity index (χ1n) is 8.37. The molecule has 1 aromatic heterocycles. The fraction of sp³-hybridized carbons (Fsp3) is 0.0909. The van der Waals surface area contributed by atoms with E-state index in [2.05, 4.69) is 47.5 Å². The first kappa shape index (κ1) is 15.8. The van der Waals surface area contributed by atoms with E-state index in [1.807, 2.05) is 36.4 Å². The molecule has 0 fully saturated rings. The molecular weight excluding hydrogens is 328 g/mol. The predicted octanol–water partition coefficient (Wildman–Crippen LogP) is 6.20. The number of nitrogens with zero attached hydrogens (tertiary/aromatic N) is 2. The van der Waals surface area contributed by atoms with Crippen molar-refractivity contribution in [2.75, 3.05) is 0 Å². The van der Waals surface area contributed by atoms with Crippen LogP contribution in [0.4, 0.5) is 0 Å². The van der Waals surface area contributed by atoms with E-state index in [0.29, 0.717) is 11.0 Å². The minimum atomic E-state index is 0.450. The Morgan fingerprint density at radius 3 is 2.24 bits per heavy atom. The number of benzene rings is 2. The zero-order chi connectivity index (χ0) is 17.1. The molecule has 0 saturated carbocycles.